The molecule has 0 aliphatic carbocycles. The lowest BCUT2D eigenvalue weighted by Crippen LogP contribution is -2.37. The van der Waals surface area contributed by atoms with Gasteiger partial charge in [0.05, 0.1) is 5.69 Å². The van der Waals surface area contributed by atoms with Crippen molar-refractivity contribution in [1.82, 2.24) is 20.0 Å². The monoisotopic (exact) mass is 312 g/mol. The smallest absolute Gasteiger partial charge is 0.271 e. The van der Waals surface area contributed by atoms with E-state index in [0.717, 1.165) is 31.0 Å². The van der Waals surface area contributed by atoms with E-state index < -0.39 is 0 Å². The van der Waals surface area contributed by atoms with E-state index in [4.69, 9.17) is 0 Å². The summed E-state index contributed by atoms with van der Waals surface area (Å²) in [4.78, 5) is 14.7. The van der Waals surface area contributed by atoms with Crippen molar-refractivity contribution in [2.45, 2.75) is 26.2 Å². The van der Waals surface area contributed by atoms with E-state index in [1.54, 1.807) is 4.68 Å². The molecule has 1 aliphatic rings. The number of rotatable bonds is 5. The van der Waals surface area contributed by atoms with Crippen LogP contribution in [0.15, 0.2) is 36.4 Å². The van der Waals surface area contributed by atoms with Crippen LogP contribution >= 0.6 is 0 Å². The van der Waals surface area contributed by atoms with Gasteiger partial charge < -0.3 is 10.2 Å². The molecule has 5 heteroatoms. The van der Waals surface area contributed by atoms with E-state index in [9.17, 15) is 4.79 Å². The van der Waals surface area contributed by atoms with E-state index in [2.05, 4.69) is 15.3 Å². The number of nitrogens with zero attached hydrogens (tertiary/aromatic N) is 3. The molecule has 0 atom stereocenters. The Labute approximate surface area is 137 Å². The van der Waals surface area contributed by atoms with Gasteiger partial charge in [-0.15, -0.1) is 0 Å². The number of hydrogen-bond acceptors (Lipinski definition) is 3. The normalized spacial score (nSPS) is 15.5. The van der Waals surface area contributed by atoms with Crippen LogP contribution in [0.3, 0.4) is 0 Å². The van der Waals surface area contributed by atoms with Crippen LogP contribution in [0.25, 0.3) is 5.69 Å². The Morgan fingerprint density at radius 2 is 1.91 bits per heavy atom. The average molecular weight is 312 g/mol. The Morgan fingerprint density at radius 1 is 1.17 bits per heavy atom. The summed E-state index contributed by atoms with van der Waals surface area (Å²) in [6.07, 6.45) is 3.88. The first kappa shape index (κ1) is 15.7. The fourth-order valence-electron chi connectivity index (χ4n) is 3.02. The molecule has 23 heavy (non-hydrogen) atoms. The SMILES string of the molecule is Cc1cc(C(=O)NCCN2CCCCC2)nn1-c1ccccc1. The number of benzene rings is 1. The maximum absolute atomic E-state index is 12.3. The number of aryl methyl sites for hydroxylation is 1. The third-order valence-corrected chi connectivity index (χ3v) is 4.28. The van der Waals surface area contributed by atoms with Gasteiger partial charge in [-0.2, -0.15) is 5.10 Å². The predicted molar refractivity (Wildman–Crippen MR) is 90.9 cm³/mol. The number of para-hydroxylation sites is 1. The molecule has 2 heterocycles. The third kappa shape index (κ3) is 3.99. The van der Waals surface area contributed by atoms with Gasteiger partial charge >= 0.3 is 0 Å². The van der Waals surface area contributed by atoms with Crippen LogP contribution in [0.2, 0.25) is 0 Å². The average Bonchev–Trinajstić information content (AvgIpc) is 2.98. The summed E-state index contributed by atoms with van der Waals surface area (Å²) in [5.41, 5.74) is 2.40. The zero-order valence-electron chi connectivity index (χ0n) is 13.7. The van der Waals surface area contributed by atoms with Crippen LogP contribution in [0.4, 0.5) is 0 Å². The molecule has 1 aromatic heterocycles. The number of hydrogen-bond donors (Lipinski definition) is 1. The summed E-state index contributed by atoms with van der Waals surface area (Å²) in [6.45, 7) is 5.86. The molecule has 1 amide bonds. The molecule has 1 N–H and O–H groups in total. The molecule has 5 nitrogen and oxygen atoms in total. The molecule has 1 saturated heterocycles. The number of piperidine rings is 1. The molecule has 0 unspecified atom stereocenters. The lowest BCUT2D eigenvalue weighted by atomic mass is 10.1. The second-order valence-electron chi connectivity index (χ2n) is 6.08. The van der Waals surface area contributed by atoms with Crippen molar-refractivity contribution in [1.29, 1.82) is 0 Å². The summed E-state index contributed by atoms with van der Waals surface area (Å²) >= 11 is 0. The van der Waals surface area contributed by atoms with Gasteiger partial charge in [0, 0.05) is 18.8 Å². The van der Waals surface area contributed by atoms with Gasteiger partial charge in [0.2, 0.25) is 0 Å². The lowest BCUT2D eigenvalue weighted by Gasteiger charge is -2.26. The van der Waals surface area contributed by atoms with Crippen molar-refractivity contribution >= 4 is 5.91 Å². The summed E-state index contributed by atoms with van der Waals surface area (Å²) in [6, 6.07) is 11.7. The predicted octanol–water partition coefficient (Wildman–Crippen LogP) is 2.40. The summed E-state index contributed by atoms with van der Waals surface area (Å²) in [7, 11) is 0. The molecule has 1 aliphatic heterocycles. The number of carbonyl (C=O) groups is 1. The summed E-state index contributed by atoms with van der Waals surface area (Å²) in [5.74, 6) is -0.0974. The molecule has 0 spiro atoms. The molecule has 0 bridgehead atoms. The summed E-state index contributed by atoms with van der Waals surface area (Å²) < 4.78 is 1.81. The van der Waals surface area contributed by atoms with Crippen LogP contribution in [0.1, 0.15) is 35.4 Å². The topological polar surface area (TPSA) is 50.2 Å². The minimum Gasteiger partial charge on any atom is -0.349 e. The molecule has 1 fully saturated rings. The summed E-state index contributed by atoms with van der Waals surface area (Å²) in [5, 5.41) is 7.42. The Hall–Kier alpha value is -2.14. The minimum absolute atomic E-state index is 0.0974. The fourth-order valence-corrected chi connectivity index (χ4v) is 3.02. The highest BCUT2D eigenvalue weighted by molar-refractivity contribution is 5.92. The van der Waals surface area contributed by atoms with Crippen molar-refractivity contribution in [2.24, 2.45) is 0 Å². The number of likely N-dealkylation sites (tertiary alicyclic amines) is 1. The second-order valence-corrected chi connectivity index (χ2v) is 6.08. The van der Waals surface area contributed by atoms with Gasteiger partial charge in [-0.05, 0) is 51.1 Å². The highest BCUT2D eigenvalue weighted by Crippen LogP contribution is 2.12. The van der Waals surface area contributed by atoms with Crippen molar-refractivity contribution in [3.8, 4) is 5.69 Å². The molecule has 122 valence electrons. The third-order valence-electron chi connectivity index (χ3n) is 4.28. The fraction of sp³-hybridized carbons (Fsp3) is 0.444. The molecule has 2 aromatic rings. The zero-order valence-corrected chi connectivity index (χ0v) is 13.7. The molecule has 3 rings (SSSR count). The van der Waals surface area contributed by atoms with Crippen LogP contribution in [-0.2, 0) is 0 Å². The molecular weight excluding hydrogens is 288 g/mol. The van der Waals surface area contributed by atoms with Crippen LogP contribution in [0, 0.1) is 6.92 Å². The van der Waals surface area contributed by atoms with Crippen molar-refractivity contribution in [3.63, 3.8) is 0 Å². The first-order valence-corrected chi connectivity index (χ1v) is 8.37. The Balaban J connectivity index is 1.57. The Kier molecular flexibility index (Phi) is 5.08. The first-order chi connectivity index (χ1) is 11.2. The van der Waals surface area contributed by atoms with Crippen LogP contribution in [0.5, 0.6) is 0 Å². The van der Waals surface area contributed by atoms with E-state index in [0.29, 0.717) is 12.2 Å². The number of aromatic nitrogens is 2. The molecule has 1 aromatic carbocycles. The van der Waals surface area contributed by atoms with Crippen molar-refractivity contribution in [2.75, 3.05) is 26.2 Å². The van der Waals surface area contributed by atoms with Crippen LogP contribution < -0.4 is 5.32 Å². The molecular formula is C18H24N4O. The van der Waals surface area contributed by atoms with Gasteiger partial charge in [0.25, 0.3) is 5.91 Å². The van der Waals surface area contributed by atoms with Gasteiger partial charge in [-0.3, -0.25) is 4.79 Å². The van der Waals surface area contributed by atoms with E-state index in [1.165, 1.54) is 19.3 Å². The first-order valence-electron chi connectivity index (χ1n) is 8.37. The van der Waals surface area contributed by atoms with E-state index >= 15 is 0 Å². The maximum Gasteiger partial charge on any atom is 0.271 e. The minimum atomic E-state index is -0.0974. The van der Waals surface area contributed by atoms with Gasteiger partial charge in [-0.1, -0.05) is 24.6 Å². The van der Waals surface area contributed by atoms with Gasteiger partial charge in [0.15, 0.2) is 5.69 Å². The molecule has 0 saturated carbocycles. The second kappa shape index (κ2) is 7.42. The van der Waals surface area contributed by atoms with Crippen molar-refractivity contribution < 1.29 is 4.79 Å². The standard InChI is InChI=1S/C18H24N4O/c1-15-14-17(20-22(15)16-8-4-2-5-9-16)18(23)19-10-13-21-11-6-3-7-12-21/h2,4-5,8-9,14H,3,6-7,10-13H2,1H3,(H,19,23). The highest BCUT2D eigenvalue weighted by atomic mass is 16.1. The van der Waals surface area contributed by atoms with Crippen LogP contribution in [-0.4, -0.2) is 46.8 Å². The van der Waals surface area contributed by atoms with E-state index in [-0.39, 0.29) is 5.91 Å². The lowest BCUT2D eigenvalue weighted by molar-refractivity contribution is 0.0941. The Bertz CT molecular complexity index is 644. The number of amides is 1. The van der Waals surface area contributed by atoms with Gasteiger partial charge in [-0.25, -0.2) is 4.68 Å². The van der Waals surface area contributed by atoms with Crippen molar-refractivity contribution in [3.05, 3.63) is 47.8 Å². The maximum atomic E-state index is 12.3. The quantitative estimate of drug-likeness (QED) is 0.922. The number of nitrogens with one attached hydrogen (secondary N) is 1. The van der Waals surface area contributed by atoms with E-state index in [1.807, 2.05) is 43.3 Å². The largest absolute Gasteiger partial charge is 0.349 e. The molecule has 0 radical (unpaired) electrons. The highest BCUT2D eigenvalue weighted by Gasteiger charge is 2.14. The van der Waals surface area contributed by atoms with Gasteiger partial charge in [0.1, 0.15) is 0 Å². The zero-order chi connectivity index (χ0) is 16.1. The number of carbonyl (C=O) groups excluding carboxylic acids is 1. The Morgan fingerprint density at radius 3 is 2.65 bits per heavy atom.